The molecule has 1 fully saturated rings. The molecule has 3 heteroatoms. The van der Waals surface area contributed by atoms with E-state index in [0.29, 0.717) is 0 Å². The van der Waals surface area contributed by atoms with Gasteiger partial charge in [-0.1, -0.05) is 37.3 Å². The standard InChI is InChI=1S/C17H28N2O/c1-2-10-18-13-16-8-11-19(12-9-16)15-20-14-17-6-4-3-5-7-17/h3-7,16,18H,2,8-15H2,1H3. The minimum absolute atomic E-state index is 0.721. The van der Waals surface area contributed by atoms with Gasteiger partial charge in [-0.05, 0) is 43.8 Å². The molecule has 0 unspecified atom stereocenters. The number of piperidine rings is 1. The van der Waals surface area contributed by atoms with Gasteiger partial charge in [0.1, 0.15) is 0 Å². The Morgan fingerprint density at radius 3 is 2.65 bits per heavy atom. The quantitative estimate of drug-likeness (QED) is 0.739. The maximum absolute atomic E-state index is 5.80. The van der Waals surface area contributed by atoms with E-state index in [0.717, 1.165) is 25.8 Å². The van der Waals surface area contributed by atoms with Crippen molar-refractivity contribution in [3.8, 4) is 0 Å². The predicted molar refractivity (Wildman–Crippen MR) is 83.6 cm³/mol. The summed E-state index contributed by atoms with van der Waals surface area (Å²) in [5.41, 5.74) is 1.26. The Morgan fingerprint density at radius 1 is 1.20 bits per heavy atom. The van der Waals surface area contributed by atoms with Gasteiger partial charge in [0, 0.05) is 13.1 Å². The molecular formula is C17H28N2O. The van der Waals surface area contributed by atoms with Crippen molar-refractivity contribution in [1.29, 1.82) is 0 Å². The van der Waals surface area contributed by atoms with E-state index in [-0.39, 0.29) is 0 Å². The first-order valence-electron chi connectivity index (χ1n) is 7.93. The molecule has 0 atom stereocenters. The van der Waals surface area contributed by atoms with Gasteiger partial charge in [-0.25, -0.2) is 0 Å². The van der Waals surface area contributed by atoms with Gasteiger partial charge in [0.25, 0.3) is 0 Å². The summed E-state index contributed by atoms with van der Waals surface area (Å²) in [6, 6.07) is 10.4. The highest BCUT2D eigenvalue weighted by Crippen LogP contribution is 2.16. The summed E-state index contributed by atoms with van der Waals surface area (Å²) < 4.78 is 5.80. The Hall–Kier alpha value is -0.900. The van der Waals surface area contributed by atoms with E-state index in [4.69, 9.17) is 4.74 Å². The number of hydrogen-bond donors (Lipinski definition) is 1. The van der Waals surface area contributed by atoms with Gasteiger partial charge >= 0.3 is 0 Å². The number of nitrogens with one attached hydrogen (secondary N) is 1. The highest BCUT2D eigenvalue weighted by atomic mass is 16.5. The first-order valence-corrected chi connectivity index (χ1v) is 7.93. The number of nitrogens with zero attached hydrogens (tertiary/aromatic N) is 1. The Labute approximate surface area is 123 Å². The van der Waals surface area contributed by atoms with Gasteiger partial charge in [0.15, 0.2) is 0 Å². The Bertz CT molecular complexity index is 347. The molecule has 112 valence electrons. The fourth-order valence-electron chi connectivity index (χ4n) is 2.67. The molecule has 3 nitrogen and oxygen atoms in total. The average molecular weight is 276 g/mol. The highest BCUT2D eigenvalue weighted by Gasteiger charge is 2.18. The minimum Gasteiger partial charge on any atom is -0.361 e. The van der Waals surface area contributed by atoms with Crippen LogP contribution in [0, 0.1) is 5.92 Å². The monoisotopic (exact) mass is 276 g/mol. The van der Waals surface area contributed by atoms with Crippen LogP contribution in [0.4, 0.5) is 0 Å². The van der Waals surface area contributed by atoms with E-state index in [1.807, 2.05) is 6.07 Å². The summed E-state index contributed by atoms with van der Waals surface area (Å²) in [4.78, 5) is 2.43. The minimum atomic E-state index is 0.721. The molecule has 0 spiro atoms. The number of rotatable bonds is 8. The van der Waals surface area contributed by atoms with Crippen LogP contribution in [0.5, 0.6) is 0 Å². The summed E-state index contributed by atoms with van der Waals surface area (Å²) in [6.45, 7) is 8.40. The Kier molecular flexibility index (Phi) is 7.06. The fourth-order valence-corrected chi connectivity index (χ4v) is 2.67. The predicted octanol–water partition coefficient (Wildman–Crippen LogP) is 2.87. The summed E-state index contributed by atoms with van der Waals surface area (Å²) in [5.74, 6) is 0.854. The molecule has 1 aliphatic heterocycles. The van der Waals surface area contributed by atoms with Crippen molar-refractivity contribution in [2.45, 2.75) is 32.8 Å². The maximum atomic E-state index is 5.80. The molecule has 1 aromatic carbocycles. The van der Waals surface area contributed by atoms with Crippen molar-refractivity contribution in [2.75, 3.05) is 32.9 Å². The number of ether oxygens (including phenoxy) is 1. The second-order valence-electron chi connectivity index (χ2n) is 5.73. The first kappa shape index (κ1) is 15.5. The third-order valence-corrected chi connectivity index (χ3v) is 3.95. The summed E-state index contributed by atoms with van der Waals surface area (Å²) >= 11 is 0. The van der Waals surface area contributed by atoms with Crippen LogP contribution in [0.3, 0.4) is 0 Å². The molecule has 0 amide bonds. The summed E-state index contributed by atoms with van der Waals surface area (Å²) in [5, 5.41) is 3.53. The van der Waals surface area contributed by atoms with Gasteiger partial charge in [-0.2, -0.15) is 0 Å². The van der Waals surface area contributed by atoms with Crippen molar-refractivity contribution in [2.24, 2.45) is 5.92 Å². The topological polar surface area (TPSA) is 24.5 Å². The van der Waals surface area contributed by atoms with Crippen LogP contribution in [0.25, 0.3) is 0 Å². The lowest BCUT2D eigenvalue weighted by atomic mass is 9.97. The summed E-state index contributed by atoms with van der Waals surface area (Å²) in [6.07, 6.45) is 3.82. The lowest BCUT2D eigenvalue weighted by Gasteiger charge is -2.31. The second kappa shape index (κ2) is 9.11. The Morgan fingerprint density at radius 2 is 1.95 bits per heavy atom. The molecular weight excluding hydrogens is 248 g/mol. The van der Waals surface area contributed by atoms with Gasteiger partial charge in [-0.15, -0.1) is 0 Å². The van der Waals surface area contributed by atoms with Gasteiger partial charge < -0.3 is 10.1 Å². The van der Waals surface area contributed by atoms with Crippen LogP contribution >= 0.6 is 0 Å². The molecule has 1 heterocycles. The van der Waals surface area contributed by atoms with E-state index >= 15 is 0 Å². The van der Waals surface area contributed by atoms with Crippen molar-refractivity contribution in [1.82, 2.24) is 10.2 Å². The molecule has 1 saturated heterocycles. The molecule has 0 saturated carbocycles. The molecule has 0 radical (unpaired) electrons. The smallest absolute Gasteiger partial charge is 0.0994 e. The van der Waals surface area contributed by atoms with Crippen LogP contribution in [0.1, 0.15) is 31.7 Å². The third kappa shape index (κ3) is 5.61. The number of benzene rings is 1. The van der Waals surface area contributed by atoms with E-state index in [1.54, 1.807) is 0 Å². The van der Waals surface area contributed by atoms with E-state index < -0.39 is 0 Å². The molecule has 0 bridgehead atoms. The molecule has 2 rings (SSSR count). The maximum Gasteiger partial charge on any atom is 0.0994 e. The Balaban J connectivity index is 1.55. The van der Waals surface area contributed by atoms with Crippen molar-refractivity contribution < 1.29 is 4.74 Å². The van der Waals surface area contributed by atoms with Gasteiger partial charge in [0.05, 0.1) is 13.3 Å². The fraction of sp³-hybridized carbons (Fsp3) is 0.647. The molecule has 1 N–H and O–H groups in total. The molecule has 1 aromatic rings. The van der Waals surface area contributed by atoms with Crippen LogP contribution in [-0.4, -0.2) is 37.8 Å². The van der Waals surface area contributed by atoms with Crippen molar-refractivity contribution >= 4 is 0 Å². The van der Waals surface area contributed by atoms with E-state index in [9.17, 15) is 0 Å². The zero-order chi connectivity index (χ0) is 14.0. The largest absolute Gasteiger partial charge is 0.361 e. The zero-order valence-electron chi connectivity index (χ0n) is 12.7. The lowest BCUT2D eigenvalue weighted by molar-refractivity contribution is 0.00225. The zero-order valence-corrected chi connectivity index (χ0v) is 12.7. The summed E-state index contributed by atoms with van der Waals surface area (Å²) in [7, 11) is 0. The highest BCUT2D eigenvalue weighted by molar-refractivity contribution is 5.13. The second-order valence-corrected chi connectivity index (χ2v) is 5.73. The molecule has 20 heavy (non-hydrogen) atoms. The third-order valence-electron chi connectivity index (χ3n) is 3.95. The normalized spacial score (nSPS) is 17.4. The van der Waals surface area contributed by atoms with Crippen LogP contribution in [0.15, 0.2) is 30.3 Å². The van der Waals surface area contributed by atoms with Crippen molar-refractivity contribution in [3.05, 3.63) is 35.9 Å². The number of likely N-dealkylation sites (tertiary alicyclic amines) is 1. The van der Waals surface area contributed by atoms with Crippen LogP contribution in [-0.2, 0) is 11.3 Å². The lowest BCUT2D eigenvalue weighted by Crippen LogP contribution is -2.38. The SMILES string of the molecule is CCCNCC1CCN(COCc2ccccc2)CC1. The van der Waals surface area contributed by atoms with Gasteiger partial charge in [-0.3, -0.25) is 4.90 Å². The van der Waals surface area contributed by atoms with Crippen LogP contribution in [0.2, 0.25) is 0 Å². The van der Waals surface area contributed by atoms with Crippen LogP contribution < -0.4 is 5.32 Å². The van der Waals surface area contributed by atoms with E-state index in [1.165, 1.54) is 44.5 Å². The average Bonchev–Trinajstić information content (AvgIpc) is 2.50. The molecule has 0 aromatic heterocycles. The molecule has 1 aliphatic rings. The first-order chi connectivity index (χ1) is 9.88. The molecule has 0 aliphatic carbocycles. The van der Waals surface area contributed by atoms with Crippen molar-refractivity contribution in [3.63, 3.8) is 0 Å². The van der Waals surface area contributed by atoms with Gasteiger partial charge in [0.2, 0.25) is 0 Å². The number of hydrogen-bond acceptors (Lipinski definition) is 3. The van der Waals surface area contributed by atoms with E-state index in [2.05, 4.69) is 41.4 Å².